The van der Waals surface area contributed by atoms with E-state index in [4.69, 9.17) is 19.9 Å². The molecule has 0 spiro atoms. The van der Waals surface area contributed by atoms with Crippen LogP contribution in [0.4, 0.5) is 5.69 Å². The summed E-state index contributed by atoms with van der Waals surface area (Å²) in [4.78, 5) is 29.2. The van der Waals surface area contributed by atoms with Crippen molar-refractivity contribution >= 4 is 17.5 Å². The number of hydrogen-bond donors (Lipinski definition) is 1. The second-order valence-electron chi connectivity index (χ2n) is 7.47. The van der Waals surface area contributed by atoms with Gasteiger partial charge >= 0.3 is 0 Å². The number of rotatable bonds is 6. The Bertz CT molecular complexity index is 728. The molecule has 2 fully saturated rings. The smallest absolute Gasteiger partial charge is 0.228 e. The second-order valence-corrected chi connectivity index (χ2v) is 7.47. The molecule has 8 nitrogen and oxygen atoms in total. The molecule has 2 amide bonds. The molecule has 154 valence electrons. The molecule has 0 bridgehead atoms. The van der Waals surface area contributed by atoms with Crippen molar-refractivity contribution in [2.45, 2.75) is 25.8 Å². The molecule has 2 aliphatic heterocycles. The van der Waals surface area contributed by atoms with Crippen molar-refractivity contribution in [2.24, 2.45) is 17.6 Å². The molecule has 2 saturated heterocycles. The molecule has 0 radical (unpaired) electrons. The van der Waals surface area contributed by atoms with Crippen molar-refractivity contribution in [3.8, 4) is 17.2 Å². The molecule has 0 aromatic heterocycles. The number of amides is 2. The first-order valence-corrected chi connectivity index (χ1v) is 9.54. The first-order valence-electron chi connectivity index (χ1n) is 9.54. The zero-order chi connectivity index (χ0) is 20.4. The third kappa shape index (κ3) is 3.61. The Morgan fingerprint density at radius 3 is 2.29 bits per heavy atom. The van der Waals surface area contributed by atoms with E-state index in [0.29, 0.717) is 48.5 Å². The lowest BCUT2D eigenvalue weighted by molar-refractivity contribution is -0.136. The Kier molecular flexibility index (Phi) is 5.98. The average Bonchev–Trinajstić information content (AvgIpc) is 3.28. The fraction of sp³-hybridized carbons (Fsp3) is 0.600. The van der Waals surface area contributed by atoms with Gasteiger partial charge in [-0.3, -0.25) is 9.59 Å². The molecule has 2 N–H and O–H groups in total. The lowest BCUT2D eigenvalue weighted by Crippen LogP contribution is -2.40. The van der Waals surface area contributed by atoms with Crippen molar-refractivity contribution in [3.63, 3.8) is 0 Å². The van der Waals surface area contributed by atoms with Crippen LogP contribution in [0.3, 0.4) is 0 Å². The summed E-state index contributed by atoms with van der Waals surface area (Å²) in [6, 6.07) is 3.62. The summed E-state index contributed by atoms with van der Waals surface area (Å²) in [7, 11) is 4.59. The van der Waals surface area contributed by atoms with Gasteiger partial charge in [0.1, 0.15) is 0 Å². The summed E-state index contributed by atoms with van der Waals surface area (Å²) in [5.41, 5.74) is 6.40. The maximum absolute atomic E-state index is 13.0. The first kappa shape index (κ1) is 20.3. The molecule has 8 heteroatoms. The van der Waals surface area contributed by atoms with Crippen LogP contribution in [0.1, 0.15) is 19.8 Å². The standard InChI is InChI=1S/C20H29N3O5/c1-12-5-13(9-21)10-22(12)20(25)14-6-18(24)23(11-14)15-7-16(26-2)19(28-4)17(8-15)27-3/h7-8,12-14H,5-6,9-11,21H2,1-4H3. The molecule has 3 atom stereocenters. The molecule has 2 aliphatic rings. The predicted octanol–water partition coefficient (Wildman–Crippen LogP) is 1.26. The van der Waals surface area contributed by atoms with Crippen LogP contribution in [-0.2, 0) is 9.59 Å². The summed E-state index contributed by atoms with van der Waals surface area (Å²) < 4.78 is 16.1. The van der Waals surface area contributed by atoms with Gasteiger partial charge in [0.15, 0.2) is 11.5 Å². The molecule has 1 aromatic rings. The third-order valence-electron chi connectivity index (χ3n) is 5.71. The molecule has 28 heavy (non-hydrogen) atoms. The Morgan fingerprint density at radius 2 is 1.79 bits per heavy atom. The highest BCUT2D eigenvalue weighted by Gasteiger charge is 2.41. The lowest BCUT2D eigenvalue weighted by Gasteiger charge is -2.25. The quantitative estimate of drug-likeness (QED) is 0.785. The van der Waals surface area contributed by atoms with Gasteiger partial charge in [0.25, 0.3) is 0 Å². The van der Waals surface area contributed by atoms with Gasteiger partial charge in [-0.15, -0.1) is 0 Å². The van der Waals surface area contributed by atoms with Gasteiger partial charge in [-0.2, -0.15) is 0 Å². The van der Waals surface area contributed by atoms with E-state index in [1.807, 2.05) is 11.8 Å². The van der Waals surface area contributed by atoms with E-state index in [2.05, 4.69) is 0 Å². The van der Waals surface area contributed by atoms with Crippen molar-refractivity contribution < 1.29 is 23.8 Å². The summed E-state index contributed by atoms with van der Waals surface area (Å²) in [5.74, 6) is 1.33. The molecular formula is C20H29N3O5. The van der Waals surface area contributed by atoms with E-state index in [9.17, 15) is 9.59 Å². The van der Waals surface area contributed by atoms with Crippen LogP contribution in [0, 0.1) is 11.8 Å². The monoisotopic (exact) mass is 391 g/mol. The number of nitrogens with two attached hydrogens (primary N) is 1. The molecule has 0 saturated carbocycles. The van der Waals surface area contributed by atoms with E-state index in [0.717, 1.165) is 6.42 Å². The highest BCUT2D eigenvalue weighted by atomic mass is 16.5. The van der Waals surface area contributed by atoms with Gasteiger partial charge in [0.2, 0.25) is 17.6 Å². The maximum atomic E-state index is 13.0. The lowest BCUT2D eigenvalue weighted by atomic mass is 10.1. The zero-order valence-corrected chi connectivity index (χ0v) is 16.9. The number of likely N-dealkylation sites (tertiary alicyclic amines) is 1. The average molecular weight is 391 g/mol. The van der Waals surface area contributed by atoms with Gasteiger partial charge in [-0.25, -0.2) is 0 Å². The molecule has 3 rings (SSSR count). The van der Waals surface area contributed by atoms with Crippen molar-refractivity contribution in [2.75, 3.05) is 45.9 Å². The van der Waals surface area contributed by atoms with E-state index in [-0.39, 0.29) is 30.2 Å². The highest BCUT2D eigenvalue weighted by Crippen LogP contribution is 2.42. The maximum Gasteiger partial charge on any atom is 0.228 e. The number of hydrogen-bond acceptors (Lipinski definition) is 6. The normalized spacial score (nSPS) is 24.6. The number of benzene rings is 1. The number of anilines is 1. The minimum atomic E-state index is -0.356. The fourth-order valence-electron chi connectivity index (χ4n) is 4.20. The zero-order valence-electron chi connectivity index (χ0n) is 16.9. The van der Waals surface area contributed by atoms with Crippen LogP contribution in [0.5, 0.6) is 17.2 Å². The second kappa shape index (κ2) is 8.26. The summed E-state index contributed by atoms with van der Waals surface area (Å²) in [6.07, 6.45) is 1.12. The van der Waals surface area contributed by atoms with Crippen molar-refractivity contribution in [1.82, 2.24) is 4.90 Å². The van der Waals surface area contributed by atoms with Crippen LogP contribution < -0.4 is 24.8 Å². The predicted molar refractivity (Wildman–Crippen MR) is 105 cm³/mol. The SMILES string of the molecule is COc1cc(N2CC(C(=O)N3CC(CN)CC3C)CC2=O)cc(OC)c1OC. The van der Waals surface area contributed by atoms with Gasteiger partial charge in [-0.05, 0) is 25.8 Å². The van der Waals surface area contributed by atoms with E-state index in [1.54, 1.807) is 17.0 Å². The topological polar surface area (TPSA) is 94.3 Å². The minimum Gasteiger partial charge on any atom is -0.493 e. The molecule has 0 aliphatic carbocycles. The summed E-state index contributed by atoms with van der Waals surface area (Å²) >= 11 is 0. The Labute approximate surface area is 165 Å². The molecule has 1 aromatic carbocycles. The molecule has 3 unspecified atom stereocenters. The Morgan fingerprint density at radius 1 is 1.14 bits per heavy atom. The molecule has 2 heterocycles. The van der Waals surface area contributed by atoms with Gasteiger partial charge in [0.05, 0.1) is 32.9 Å². The van der Waals surface area contributed by atoms with E-state index >= 15 is 0 Å². The van der Waals surface area contributed by atoms with Gasteiger partial charge in [0, 0.05) is 37.7 Å². The number of carbonyl (C=O) groups is 2. The first-order chi connectivity index (χ1) is 13.4. The van der Waals surface area contributed by atoms with Crippen molar-refractivity contribution in [3.05, 3.63) is 12.1 Å². The number of methoxy groups -OCH3 is 3. The Balaban J connectivity index is 1.80. The van der Waals surface area contributed by atoms with Crippen LogP contribution in [-0.4, -0.2) is 63.7 Å². The Hall–Kier alpha value is -2.48. The minimum absolute atomic E-state index is 0.0340. The van der Waals surface area contributed by atoms with Gasteiger partial charge < -0.3 is 29.7 Å². The summed E-state index contributed by atoms with van der Waals surface area (Å²) in [6.45, 7) is 3.63. The molecular weight excluding hydrogens is 362 g/mol. The van der Waals surface area contributed by atoms with Crippen LogP contribution in [0.2, 0.25) is 0 Å². The largest absolute Gasteiger partial charge is 0.493 e. The van der Waals surface area contributed by atoms with E-state index < -0.39 is 0 Å². The number of carbonyl (C=O) groups excluding carboxylic acids is 2. The summed E-state index contributed by atoms with van der Waals surface area (Å²) in [5, 5.41) is 0. The van der Waals surface area contributed by atoms with Crippen LogP contribution in [0.15, 0.2) is 12.1 Å². The fourth-order valence-corrected chi connectivity index (χ4v) is 4.20. The van der Waals surface area contributed by atoms with Crippen LogP contribution in [0.25, 0.3) is 0 Å². The number of ether oxygens (including phenoxy) is 3. The van der Waals surface area contributed by atoms with Crippen LogP contribution >= 0.6 is 0 Å². The van der Waals surface area contributed by atoms with E-state index in [1.165, 1.54) is 21.3 Å². The highest BCUT2D eigenvalue weighted by molar-refractivity contribution is 6.00. The van der Waals surface area contributed by atoms with Crippen molar-refractivity contribution in [1.29, 1.82) is 0 Å². The number of nitrogens with zero attached hydrogens (tertiary/aromatic N) is 2. The van der Waals surface area contributed by atoms with Gasteiger partial charge in [-0.1, -0.05) is 0 Å². The third-order valence-corrected chi connectivity index (χ3v) is 5.71.